The zero-order valence-electron chi connectivity index (χ0n) is 20.4. The van der Waals surface area contributed by atoms with Gasteiger partial charge in [0.05, 0.1) is 45.3 Å². The number of nitrogens with zero attached hydrogens (tertiary/aromatic N) is 2. The highest BCUT2D eigenvalue weighted by molar-refractivity contribution is 7.16. The molecule has 0 saturated heterocycles. The molecule has 0 aliphatic heterocycles. The van der Waals surface area contributed by atoms with Crippen LogP contribution in [0.1, 0.15) is 45.6 Å². The van der Waals surface area contributed by atoms with Crippen molar-refractivity contribution in [3.8, 4) is 28.6 Å². The molecule has 0 radical (unpaired) electrons. The number of carbonyl (C=O) groups is 1. The van der Waals surface area contributed by atoms with Gasteiger partial charge in [-0.1, -0.05) is 0 Å². The third-order valence-corrected chi connectivity index (χ3v) is 6.44. The van der Waals surface area contributed by atoms with Crippen LogP contribution >= 0.6 is 11.3 Å². The Kier molecular flexibility index (Phi) is 6.90. The lowest BCUT2D eigenvalue weighted by molar-refractivity contribution is -0.00877. The summed E-state index contributed by atoms with van der Waals surface area (Å²) in [7, 11) is 4.75. The van der Waals surface area contributed by atoms with Gasteiger partial charge in [0.25, 0.3) is 5.88 Å². The molecule has 34 heavy (non-hydrogen) atoms. The minimum Gasteiger partial charge on any atom is -0.496 e. The van der Waals surface area contributed by atoms with Gasteiger partial charge < -0.3 is 23.7 Å². The molecule has 10 heteroatoms. The number of hydrogen-bond acceptors (Lipinski definition) is 8. The molecule has 2 heterocycles. The van der Waals surface area contributed by atoms with Gasteiger partial charge in [0.1, 0.15) is 27.6 Å². The first-order chi connectivity index (χ1) is 16.2. The molecule has 1 aliphatic rings. The van der Waals surface area contributed by atoms with Crippen molar-refractivity contribution >= 4 is 27.9 Å². The smallest absolute Gasteiger partial charge is 0.412 e. The Labute approximate surface area is 202 Å². The molecular weight excluding hydrogens is 458 g/mol. The zero-order valence-corrected chi connectivity index (χ0v) is 21.2. The predicted octanol–water partition coefficient (Wildman–Crippen LogP) is 5.50. The third-order valence-electron chi connectivity index (χ3n) is 5.50. The van der Waals surface area contributed by atoms with E-state index in [-0.39, 0.29) is 5.88 Å². The Morgan fingerprint density at radius 3 is 2.35 bits per heavy atom. The number of fused-ring (bicyclic) bond motifs is 1. The van der Waals surface area contributed by atoms with Crippen molar-refractivity contribution in [1.29, 1.82) is 0 Å². The summed E-state index contributed by atoms with van der Waals surface area (Å²) < 4.78 is 30.0. The van der Waals surface area contributed by atoms with Gasteiger partial charge in [0.15, 0.2) is 0 Å². The number of ether oxygens (including phenoxy) is 5. The highest BCUT2D eigenvalue weighted by atomic mass is 32.1. The Morgan fingerprint density at radius 1 is 1.15 bits per heavy atom. The molecule has 3 aromatic rings. The first-order valence-corrected chi connectivity index (χ1v) is 12.0. The van der Waals surface area contributed by atoms with Crippen molar-refractivity contribution in [2.24, 2.45) is 0 Å². The molecule has 2 aromatic heterocycles. The maximum absolute atomic E-state index is 12.4. The molecule has 9 nitrogen and oxygen atoms in total. The fourth-order valence-electron chi connectivity index (χ4n) is 3.69. The van der Waals surface area contributed by atoms with E-state index in [0.717, 1.165) is 29.7 Å². The van der Waals surface area contributed by atoms with Crippen molar-refractivity contribution in [2.45, 2.75) is 58.3 Å². The average Bonchev–Trinajstić information content (AvgIpc) is 3.30. The maximum Gasteiger partial charge on any atom is 0.412 e. The van der Waals surface area contributed by atoms with Gasteiger partial charge in [-0.2, -0.15) is 0 Å². The fraction of sp³-hybridized carbons (Fsp3) is 0.500. The Bertz CT molecular complexity index is 1150. The van der Waals surface area contributed by atoms with E-state index in [4.69, 9.17) is 23.7 Å². The SMILES string of the molecule is COc1cc(COC2CCC2)cc(OC)c1-c1csc2c(NC(=O)OC(C)(C)C)c(OC)nn12. The van der Waals surface area contributed by atoms with E-state index < -0.39 is 11.7 Å². The van der Waals surface area contributed by atoms with Crippen LogP contribution in [0, 0.1) is 0 Å². The molecule has 0 spiro atoms. The highest BCUT2D eigenvalue weighted by Crippen LogP contribution is 2.44. The summed E-state index contributed by atoms with van der Waals surface area (Å²) in [6, 6.07) is 3.92. The quantitative estimate of drug-likeness (QED) is 0.446. The molecule has 1 aromatic carbocycles. The summed E-state index contributed by atoms with van der Waals surface area (Å²) in [5, 5.41) is 9.28. The fourth-order valence-corrected chi connectivity index (χ4v) is 4.63. The summed E-state index contributed by atoms with van der Waals surface area (Å²) in [6.45, 7) is 5.91. The van der Waals surface area contributed by atoms with Gasteiger partial charge in [0.2, 0.25) is 0 Å². The number of hydrogen-bond donors (Lipinski definition) is 1. The number of thiazole rings is 1. The highest BCUT2D eigenvalue weighted by Gasteiger charge is 2.26. The molecule has 1 fully saturated rings. The van der Waals surface area contributed by atoms with Gasteiger partial charge in [-0.05, 0) is 57.7 Å². The molecule has 0 atom stereocenters. The van der Waals surface area contributed by atoms with Crippen LogP contribution in [0.25, 0.3) is 16.1 Å². The molecule has 1 amide bonds. The van der Waals surface area contributed by atoms with Gasteiger partial charge in [-0.3, -0.25) is 5.32 Å². The second kappa shape index (κ2) is 9.71. The van der Waals surface area contributed by atoms with E-state index in [9.17, 15) is 4.79 Å². The van der Waals surface area contributed by atoms with Crippen LogP contribution < -0.4 is 19.5 Å². The topological polar surface area (TPSA) is 92.5 Å². The van der Waals surface area contributed by atoms with Crippen molar-refractivity contribution in [3.05, 3.63) is 23.1 Å². The van der Waals surface area contributed by atoms with Crippen LogP contribution in [0.2, 0.25) is 0 Å². The van der Waals surface area contributed by atoms with Crippen molar-refractivity contribution in [2.75, 3.05) is 26.6 Å². The monoisotopic (exact) mass is 489 g/mol. The van der Waals surface area contributed by atoms with Crippen LogP contribution in [-0.2, 0) is 16.1 Å². The number of anilines is 1. The number of benzene rings is 1. The molecule has 1 aliphatic carbocycles. The van der Waals surface area contributed by atoms with E-state index in [1.54, 1.807) is 39.5 Å². The van der Waals surface area contributed by atoms with Crippen LogP contribution in [0.5, 0.6) is 17.4 Å². The van der Waals surface area contributed by atoms with E-state index >= 15 is 0 Å². The third kappa shape index (κ3) is 4.92. The van der Waals surface area contributed by atoms with E-state index in [2.05, 4.69) is 10.4 Å². The lowest BCUT2D eigenvalue weighted by Gasteiger charge is -2.25. The molecule has 0 bridgehead atoms. The minimum absolute atomic E-state index is 0.280. The standard InChI is InChI=1S/C24H31N3O6S/c1-24(2,3)33-23(28)25-20-21(31-6)26-27-16(13-34-22(20)27)19-17(29-4)10-14(11-18(19)30-5)12-32-15-8-7-9-15/h10-11,13,15H,7-9,12H2,1-6H3,(H,25,28). The number of amides is 1. The van der Waals surface area contributed by atoms with Crippen molar-refractivity contribution in [1.82, 2.24) is 9.61 Å². The lowest BCUT2D eigenvalue weighted by atomic mass is 9.96. The van der Waals surface area contributed by atoms with Crippen LogP contribution in [0.15, 0.2) is 17.5 Å². The van der Waals surface area contributed by atoms with Crippen molar-refractivity contribution < 1.29 is 28.5 Å². The van der Waals surface area contributed by atoms with Gasteiger partial charge in [-0.15, -0.1) is 16.4 Å². The number of aromatic nitrogens is 2. The summed E-state index contributed by atoms with van der Waals surface area (Å²) in [6.07, 6.45) is 3.20. The predicted molar refractivity (Wildman–Crippen MR) is 130 cm³/mol. The maximum atomic E-state index is 12.4. The second-order valence-corrected chi connectivity index (χ2v) is 9.95. The summed E-state index contributed by atoms with van der Waals surface area (Å²) in [4.78, 5) is 13.1. The lowest BCUT2D eigenvalue weighted by Crippen LogP contribution is -2.27. The zero-order chi connectivity index (χ0) is 24.5. The van der Waals surface area contributed by atoms with Gasteiger partial charge in [0, 0.05) is 5.38 Å². The number of methoxy groups -OCH3 is 3. The minimum atomic E-state index is -0.630. The first-order valence-electron chi connectivity index (χ1n) is 11.1. The molecule has 4 rings (SSSR count). The van der Waals surface area contributed by atoms with Gasteiger partial charge in [-0.25, -0.2) is 9.31 Å². The number of carbonyl (C=O) groups excluding carboxylic acids is 1. The van der Waals surface area contributed by atoms with Crippen LogP contribution in [-0.4, -0.2) is 48.7 Å². The normalized spacial score (nSPS) is 14.1. The molecule has 1 saturated carbocycles. The van der Waals surface area contributed by atoms with Crippen molar-refractivity contribution in [3.63, 3.8) is 0 Å². The second-order valence-electron chi connectivity index (χ2n) is 9.09. The molecule has 1 N–H and O–H groups in total. The first kappa shape index (κ1) is 24.2. The number of nitrogens with one attached hydrogen (secondary N) is 1. The summed E-state index contributed by atoms with van der Waals surface area (Å²) in [5.41, 5.74) is 2.28. The van der Waals surface area contributed by atoms with E-state index in [0.29, 0.717) is 34.7 Å². The molecule has 0 unspecified atom stereocenters. The summed E-state index contributed by atoms with van der Waals surface area (Å²) in [5.74, 6) is 1.56. The average molecular weight is 490 g/mol. The van der Waals surface area contributed by atoms with E-state index in [1.165, 1.54) is 24.9 Å². The Hall–Kier alpha value is -2.98. The summed E-state index contributed by atoms with van der Waals surface area (Å²) >= 11 is 1.41. The Morgan fingerprint density at radius 2 is 1.82 bits per heavy atom. The van der Waals surface area contributed by atoms with E-state index in [1.807, 2.05) is 17.5 Å². The largest absolute Gasteiger partial charge is 0.496 e. The molecule has 184 valence electrons. The van der Waals surface area contributed by atoms with Crippen LogP contribution in [0.4, 0.5) is 10.5 Å². The number of rotatable bonds is 8. The van der Waals surface area contributed by atoms with Gasteiger partial charge >= 0.3 is 6.09 Å². The van der Waals surface area contributed by atoms with Crippen LogP contribution in [0.3, 0.4) is 0 Å². The Balaban J connectivity index is 1.71. The molecular formula is C24H31N3O6S.